The first-order valence-electron chi connectivity index (χ1n) is 10.6. The number of ether oxygens (including phenoxy) is 2. The predicted octanol–water partition coefficient (Wildman–Crippen LogP) is 6.48. The maximum atomic E-state index is 6.04. The lowest BCUT2D eigenvalue weighted by molar-refractivity contribution is 0.304. The predicted molar refractivity (Wildman–Crippen MR) is 115 cm³/mol. The van der Waals surface area contributed by atoms with Gasteiger partial charge in [-0.2, -0.15) is 0 Å². The van der Waals surface area contributed by atoms with Gasteiger partial charge in [-0.1, -0.05) is 50.5 Å². The average Bonchev–Trinajstić information content (AvgIpc) is 3.23. The van der Waals surface area contributed by atoms with E-state index in [2.05, 4.69) is 66.9 Å². The maximum absolute atomic E-state index is 6.04. The molecule has 0 fully saturated rings. The van der Waals surface area contributed by atoms with Crippen LogP contribution in [0, 0.1) is 5.92 Å². The van der Waals surface area contributed by atoms with Crippen LogP contribution in [0.5, 0.6) is 11.5 Å². The molecule has 1 aliphatic carbocycles. The molecule has 1 heterocycles. The van der Waals surface area contributed by atoms with Crippen LogP contribution in [0.4, 0.5) is 5.69 Å². The van der Waals surface area contributed by atoms with E-state index in [1.165, 1.54) is 36.1 Å². The zero-order chi connectivity index (χ0) is 19.3. The summed E-state index contributed by atoms with van der Waals surface area (Å²) in [6.45, 7) is 3.05. The minimum absolute atomic E-state index is 0.319. The van der Waals surface area contributed by atoms with E-state index < -0.39 is 0 Å². The summed E-state index contributed by atoms with van der Waals surface area (Å²) in [7, 11) is 1.71. The van der Waals surface area contributed by atoms with Gasteiger partial charge in [-0.15, -0.1) is 0 Å². The van der Waals surface area contributed by atoms with Crippen LogP contribution in [-0.2, 0) is 0 Å². The Morgan fingerprint density at radius 1 is 1.00 bits per heavy atom. The van der Waals surface area contributed by atoms with Crippen LogP contribution in [-0.4, -0.2) is 13.7 Å². The average molecular weight is 378 g/mol. The molecule has 2 aromatic carbocycles. The number of benzene rings is 2. The molecule has 0 spiro atoms. The normalized spacial score (nSPS) is 22.3. The van der Waals surface area contributed by atoms with Gasteiger partial charge in [-0.3, -0.25) is 0 Å². The van der Waals surface area contributed by atoms with Gasteiger partial charge in [0.25, 0.3) is 0 Å². The van der Waals surface area contributed by atoms with Crippen molar-refractivity contribution in [3.63, 3.8) is 0 Å². The minimum Gasteiger partial charge on any atom is -0.497 e. The fraction of sp³-hybridized carbons (Fsp3) is 0.440. The maximum Gasteiger partial charge on any atom is 0.119 e. The molecule has 0 amide bonds. The molecule has 28 heavy (non-hydrogen) atoms. The van der Waals surface area contributed by atoms with Crippen molar-refractivity contribution in [1.29, 1.82) is 0 Å². The molecular weight excluding hydrogens is 346 g/mol. The summed E-state index contributed by atoms with van der Waals surface area (Å²) in [5.74, 6) is 2.90. The molecule has 3 atom stereocenters. The fourth-order valence-electron chi connectivity index (χ4n) is 4.52. The number of hydrogen-bond acceptors (Lipinski definition) is 3. The van der Waals surface area contributed by atoms with Crippen molar-refractivity contribution in [2.45, 2.75) is 51.0 Å². The van der Waals surface area contributed by atoms with E-state index in [0.717, 1.165) is 30.9 Å². The van der Waals surface area contributed by atoms with Crippen molar-refractivity contribution in [2.24, 2.45) is 5.92 Å². The smallest absolute Gasteiger partial charge is 0.119 e. The van der Waals surface area contributed by atoms with Gasteiger partial charge in [0.1, 0.15) is 11.5 Å². The highest BCUT2D eigenvalue weighted by Crippen LogP contribution is 2.50. The molecular formula is C25H31NO2. The first-order chi connectivity index (χ1) is 13.8. The third kappa shape index (κ3) is 3.89. The van der Waals surface area contributed by atoms with Crippen molar-refractivity contribution >= 4 is 5.69 Å². The molecule has 2 aromatic rings. The number of nitrogens with one attached hydrogen (secondary N) is 1. The molecule has 3 nitrogen and oxygen atoms in total. The quantitative estimate of drug-likeness (QED) is 0.422. The highest BCUT2D eigenvalue weighted by atomic mass is 16.5. The summed E-state index contributed by atoms with van der Waals surface area (Å²) in [6, 6.07) is 15.3. The second-order valence-corrected chi connectivity index (χ2v) is 7.91. The zero-order valence-electron chi connectivity index (χ0n) is 17.0. The van der Waals surface area contributed by atoms with E-state index in [-0.39, 0.29) is 0 Å². The first-order valence-corrected chi connectivity index (χ1v) is 10.6. The standard InChI is InChI=1S/C25H31NO2/c1-3-4-5-6-16-28-20-14-15-24-23(17-20)21-8-7-9-22(21)25(26-24)18-10-12-19(27-2)13-11-18/h7-8,10-15,17,21-22,25-26H,3-6,9,16H2,1-2H3. The van der Waals surface area contributed by atoms with E-state index in [0.29, 0.717) is 17.9 Å². The molecule has 148 valence electrons. The molecule has 0 bridgehead atoms. The Balaban J connectivity index is 1.51. The topological polar surface area (TPSA) is 30.5 Å². The van der Waals surface area contributed by atoms with Gasteiger partial charge >= 0.3 is 0 Å². The molecule has 1 N–H and O–H groups in total. The molecule has 2 aliphatic rings. The summed E-state index contributed by atoms with van der Waals surface area (Å²) in [5.41, 5.74) is 3.92. The second kappa shape index (κ2) is 8.72. The Morgan fingerprint density at radius 3 is 2.61 bits per heavy atom. The Labute approximate surface area is 168 Å². The number of methoxy groups -OCH3 is 1. The number of unbranched alkanes of at least 4 members (excludes halogenated alkanes) is 3. The van der Waals surface area contributed by atoms with Gasteiger partial charge in [0.2, 0.25) is 0 Å². The van der Waals surface area contributed by atoms with Crippen molar-refractivity contribution in [2.75, 3.05) is 19.0 Å². The van der Waals surface area contributed by atoms with Gasteiger partial charge in [-0.05, 0) is 60.2 Å². The van der Waals surface area contributed by atoms with Gasteiger partial charge in [0.15, 0.2) is 0 Å². The summed E-state index contributed by atoms with van der Waals surface area (Å²) >= 11 is 0. The SMILES string of the molecule is CCCCCCOc1ccc2c(c1)C1C=CCC1C(c1ccc(OC)cc1)N2. The molecule has 4 rings (SSSR count). The Kier molecular flexibility index (Phi) is 5.90. The number of rotatable bonds is 8. The van der Waals surface area contributed by atoms with Crippen molar-refractivity contribution in [1.82, 2.24) is 0 Å². The van der Waals surface area contributed by atoms with Gasteiger partial charge in [0, 0.05) is 11.6 Å². The summed E-state index contributed by atoms with van der Waals surface area (Å²) in [6.07, 6.45) is 10.8. The Hall–Kier alpha value is -2.42. The van der Waals surface area contributed by atoms with Crippen molar-refractivity contribution in [3.05, 3.63) is 65.7 Å². The van der Waals surface area contributed by atoms with Crippen LogP contribution >= 0.6 is 0 Å². The number of allylic oxidation sites excluding steroid dienone is 2. The lowest BCUT2D eigenvalue weighted by Crippen LogP contribution is -2.29. The number of anilines is 1. The van der Waals surface area contributed by atoms with Crippen LogP contribution in [0.3, 0.4) is 0 Å². The highest BCUT2D eigenvalue weighted by molar-refractivity contribution is 5.61. The summed E-state index contributed by atoms with van der Waals surface area (Å²) < 4.78 is 11.4. The highest BCUT2D eigenvalue weighted by Gasteiger charge is 2.38. The van der Waals surface area contributed by atoms with E-state index in [9.17, 15) is 0 Å². The zero-order valence-corrected chi connectivity index (χ0v) is 17.0. The lowest BCUT2D eigenvalue weighted by atomic mass is 9.77. The van der Waals surface area contributed by atoms with Gasteiger partial charge < -0.3 is 14.8 Å². The molecule has 0 saturated carbocycles. The molecule has 3 unspecified atom stereocenters. The minimum atomic E-state index is 0.319. The monoisotopic (exact) mass is 377 g/mol. The molecule has 0 radical (unpaired) electrons. The number of fused-ring (bicyclic) bond motifs is 3. The van der Waals surface area contributed by atoms with Crippen LogP contribution in [0.1, 0.15) is 62.1 Å². The van der Waals surface area contributed by atoms with E-state index in [1.54, 1.807) is 7.11 Å². The third-order valence-corrected chi connectivity index (χ3v) is 6.08. The molecule has 0 aromatic heterocycles. The molecule has 0 saturated heterocycles. The summed E-state index contributed by atoms with van der Waals surface area (Å²) in [4.78, 5) is 0. The Bertz CT molecular complexity index is 812. The fourth-order valence-corrected chi connectivity index (χ4v) is 4.52. The first kappa shape index (κ1) is 18.9. The van der Waals surface area contributed by atoms with Crippen LogP contribution in [0.25, 0.3) is 0 Å². The van der Waals surface area contributed by atoms with Crippen molar-refractivity contribution in [3.8, 4) is 11.5 Å². The van der Waals surface area contributed by atoms with Crippen LogP contribution in [0.2, 0.25) is 0 Å². The largest absolute Gasteiger partial charge is 0.497 e. The van der Waals surface area contributed by atoms with Crippen LogP contribution in [0.15, 0.2) is 54.6 Å². The Morgan fingerprint density at radius 2 is 1.82 bits per heavy atom. The van der Waals surface area contributed by atoms with Crippen molar-refractivity contribution < 1.29 is 9.47 Å². The van der Waals surface area contributed by atoms with E-state index >= 15 is 0 Å². The van der Waals surface area contributed by atoms with E-state index in [1.807, 2.05) is 0 Å². The second-order valence-electron chi connectivity index (χ2n) is 7.91. The third-order valence-electron chi connectivity index (χ3n) is 6.08. The molecule has 3 heteroatoms. The number of hydrogen-bond donors (Lipinski definition) is 1. The lowest BCUT2D eigenvalue weighted by Gasteiger charge is -2.37. The summed E-state index contributed by atoms with van der Waals surface area (Å²) in [5, 5.41) is 3.80. The van der Waals surface area contributed by atoms with Gasteiger partial charge in [-0.25, -0.2) is 0 Å². The van der Waals surface area contributed by atoms with E-state index in [4.69, 9.17) is 9.47 Å². The molecule has 1 aliphatic heterocycles. The van der Waals surface area contributed by atoms with Crippen LogP contribution < -0.4 is 14.8 Å². The van der Waals surface area contributed by atoms with Gasteiger partial charge in [0.05, 0.1) is 19.8 Å².